The van der Waals surface area contributed by atoms with E-state index in [2.05, 4.69) is 36.2 Å². The van der Waals surface area contributed by atoms with Crippen molar-refractivity contribution < 1.29 is 9.47 Å². The maximum absolute atomic E-state index is 5.95. The molecule has 0 saturated carbocycles. The average molecular weight is 495 g/mol. The van der Waals surface area contributed by atoms with E-state index in [0.29, 0.717) is 6.10 Å². The topological polar surface area (TPSA) is 46.1 Å². The highest BCUT2D eigenvalue weighted by atomic mass is 127. The summed E-state index contributed by atoms with van der Waals surface area (Å²) in [6.07, 6.45) is 4.58. The fraction of sp³-hybridized carbons (Fsp3) is 0.737. The summed E-state index contributed by atoms with van der Waals surface area (Å²) in [5.74, 6) is 1.03. The molecule has 0 aliphatic carbocycles. The Bertz CT molecular complexity index is 517. The van der Waals surface area contributed by atoms with Gasteiger partial charge in [0.1, 0.15) is 0 Å². The number of guanidine groups is 1. The van der Waals surface area contributed by atoms with E-state index in [0.717, 1.165) is 71.0 Å². The number of hydrogen-bond acceptors (Lipinski definition) is 4. The Kier molecular flexibility index (Phi) is 12.5. The predicted molar refractivity (Wildman–Crippen MR) is 121 cm³/mol. The standard InChI is InChI=1S/C19H33N3O2S.HI/c1-4-17-7-8-18(25-17)15-21-19(20-5-2)22-11-9-16(10-12-22)24-14-6-13-23-3;/h7-8,16H,4-6,9-15H2,1-3H3,(H,20,21);1H. The molecule has 0 unspecified atom stereocenters. The fourth-order valence-electron chi connectivity index (χ4n) is 2.96. The zero-order chi connectivity index (χ0) is 17.9. The van der Waals surface area contributed by atoms with Crippen LogP contribution in [0, 0.1) is 0 Å². The van der Waals surface area contributed by atoms with E-state index in [4.69, 9.17) is 14.5 Å². The van der Waals surface area contributed by atoms with Crippen LogP contribution in [0.4, 0.5) is 0 Å². The second kappa shape index (κ2) is 13.7. The maximum Gasteiger partial charge on any atom is 0.194 e. The molecule has 1 fully saturated rings. The quantitative estimate of drug-likeness (QED) is 0.244. The van der Waals surface area contributed by atoms with Gasteiger partial charge in [0.15, 0.2) is 5.96 Å². The van der Waals surface area contributed by atoms with Crippen LogP contribution >= 0.6 is 35.3 Å². The summed E-state index contributed by atoms with van der Waals surface area (Å²) < 4.78 is 11.0. The summed E-state index contributed by atoms with van der Waals surface area (Å²) in [7, 11) is 1.74. The largest absolute Gasteiger partial charge is 0.385 e. The van der Waals surface area contributed by atoms with Crippen molar-refractivity contribution in [2.45, 2.75) is 52.2 Å². The van der Waals surface area contributed by atoms with Crippen LogP contribution in [0.5, 0.6) is 0 Å². The van der Waals surface area contributed by atoms with Gasteiger partial charge in [-0.3, -0.25) is 0 Å². The molecule has 7 heteroatoms. The van der Waals surface area contributed by atoms with Crippen LogP contribution in [-0.4, -0.2) is 56.9 Å². The zero-order valence-electron chi connectivity index (χ0n) is 16.3. The molecule has 1 N–H and O–H groups in total. The number of methoxy groups -OCH3 is 1. The first-order chi connectivity index (χ1) is 12.3. The Morgan fingerprint density at radius 2 is 1.96 bits per heavy atom. The molecule has 5 nitrogen and oxygen atoms in total. The van der Waals surface area contributed by atoms with Gasteiger partial charge in [0.05, 0.1) is 12.6 Å². The Morgan fingerprint density at radius 1 is 1.23 bits per heavy atom. The smallest absolute Gasteiger partial charge is 0.194 e. The molecule has 26 heavy (non-hydrogen) atoms. The van der Waals surface area contributed by atoms with E-state index in [-0.39, 0.29) is 24.0 Å². The highest BCUT2D eigenvalue weighted by molar-refractivity contribution is 14.0. The lowest BCUT2D eigenvalue weighted by atomic mass is 10.1. The Hall–Kier alpha value is -0.380. The first-order valence-corrected chi connectivity index (χ1v) is 10.3. The SMILES string of the molecule is CCNC(=NCc1ccc(CC)s1)N1CCC(OCCCOC)CC1.I. The monoisotopic (exact) mass is 495 g/mol. The lowest BCUT2D eigenvalue weighted by Gasteiger charge is -2.34. The molecule has 150 valence electrons. The second-order valence-corrected chi connectivity index (χ2v) is 7.55. The van der Waals surface area contributed by atoms with E-state index in [1.165, 1.54) is 9.75 Å². The fourth-order valence-corrected chi connectivity index (χ4v) is 3.85. The van der Waals surface area contributed by atoms with Crippen LogP contribution in [-0.2, 0) is 22.4 Å². The summed E-state index contributed by atoms with van der Waals surface area (Å²) in [5, 5.41) is 3.44. The van der Waals surface area contributed by atoms with Crippen molar-refractivity contribution in [3.63, 3.8) is 0 Å². The van der Waals surface area contributed by atoms with Gasteiger partial charge in [-0.25, -0.2) is 4.99 Å². The highest BCUT2D eigenvalue weighted by Crippen LogP contribution is 2.18. The minimum atomic E-state index is 0. The molecule has 0 spiro atoms. The van der Waals surface area contributed by atoms with Crippen LogP contribution in [0.25, 0.3) is 0 Å². The van der Waals surface area contributed by atoms with Crippen LogP contribution in [0.1, 0.15) is 42.9 Å². The molecule has 1 aromatic rings. The third-order valence-corrected chi connectivity index (χ3v) is 5.59. The molecule has 2 rings (SSSR count). The molecule has 0 radical (unpaired) electrons. The minimum Gasteiger partial charge on any atom is -0.385 e. The van der Waals surface area contributed by atoms with Crippen molar-refractivity contribution in [3.8, 4) is 0 Å². The van der Waals surface area contributed by atoms with Crippen LogP contribution in [0.15, 0.2) is 17.1 Å². The van der Waals surface area contributed by atoms with Gasteiger partial charge in [-0.2, -0.15) is 0 Å². The summed E-state index contributed by atoms with van der Waals surface area (Å²) >= 11 is 1.87. The van der Waals surface area contributed by atoms with Gasteiger partial charge in [-0.15, -0.1) is 35.3 Å². The van der Waals surface area contributed by atoms with Crippen molar-refractivity contribution in [2.24, 2.45) is 4.99 Å². The van der Waals surface area contributed by atoms with E-state index in [9.17, 15) is 0 Å². The van der Waals surface area contributed by atoms with Crippen molar-refractivity contribution in [2.75, 3.05) is 40.0 Å². The Balaban J connectivity index is 0.00000338. The maximum atomic E-state index is 5.95. The van der Waals surface area contributed by atoms with Gasteiger partial charge >= 0.3 is 0 Å². The van der Waals surface area contributed by atoms with Crippen molar-refractivity contribution >= 4 is 41.3 Å². The van der Waals surface area contributed by atoms with Crippen LogP contribution < -0.4 is 5.32 Å². The lowest BCUT2D eigenvalue weighted by Crippen LogP contribution is -2.47. The van der Waals surface area contributed by atoms with Crippen LogP contribution in [0.3, 0.4) is 0 Å². The number of aliphatic imine (C=N–C) groups is 1. The number of aryl methyl sites for hydroxylation is 1. The zero-order valence-corrected chi connectivity index (χ0v) is 19.5. The minimum absolute atomic E-state index is 0. The number of rotatable bonds is 9. The summed E-state index contributed by atoms with van der Waals surface area (Å²) in [6.45, 7) is 9.57. The first kappa shape index (κ1) is 23.7. The third-order valence-electron chi connectivity index (χ3n) is 4.37. The number of piperidine rings is 1. The molecule has 0 atom stereocenters. The normalized spacial score (nSPS) is 15.8. The number of hydrogen-bond donors (Lipinski definition) is 1. The van der Waals surface area contributed by atoms with Gasteiger partial charge in [-0.05, 0) is 44.7 Å². The number of likely N-dealkylation sites (tertiary alicyclic amines) is 1. The molecular weight excluding hydrogens is 461 g/mol. The van der Waals surface area contributed by atoms with E-state index in [1.807, 2.05) is 11.3 Å². The van der Waals surface area contributed by atoms with Gasteiger partial charge in [0, 0.05) is 49.7 Å². The summed E-state index contributed by atoms with van der Waals surface area (Å²) in [5.41, 5.74) is 0. The third kappa shape index (κ3) is 8.10. The predicted octanol–water partition coefficient (Wildman–Crippen LogP) is 3.91. The molecule has 0 aromatic carbocycles. The summed E-state index contributed by atoms with van der Waals surface area (Å²) in [6, 6.07) is 4.42. The number of nitrogens with zero attached hydrogens (tertiary/aromatic N) is 2. The van der Waals surface area contributed by atoms with Gasteiger partial charge in [0.25, 0.3) is 0 Å². The van der Waals surface area contributed by atoms with E-state index in [1.54, 1.807) is 7.11 Å². The Labute approximate surface area is 179 Å². The molecule has 1 saturated heterocycles. The van der Waals surface area contributed by atoms with E-state index < -0.39 is 0 Å². The molecule has 0 bridgehead atoms. The number of nitrogens with one attached hydrogen (secondary N) is 1. The van der Waals surface area contributed by atoms with Crippen molar-refractivity contribution in [3.05, 3.63) is 21.9 Å². The van der Waals surface area contributed by atoms with Gasteiger partial charge in [-0.1, -0.05) is 6.92 Å². The molecular formula is C19H34IN3O2S. The average Bonchev–Trinajstić information content (AvgIpc) is 3.11. The molecule has 0 amide bonds. The van der Waals surface area contributed by atoms with Gasteiger partial charge in [0.2, 0.25) is 0 Å². The number of ether oxygens (including phenoxy) is 2. The van der Waals surface area contributed by atoms with E-state index >= 15 is 0 Å². The molecule has 1 aliphatic heterocycles. The van der Waals surface area contributed by atoms with Crippen molar-refractivity contribution in [1.82, 2.24) is 10.2 Å². The molecule has 2 heterocycles. The molecule has 1 aromatic heterocycles. The lowest BCUT2D eigenvalue weighted by molar-refractivity contribution is 0.00990. The summed E-state index contributed by atoms with van der Waals surface area (Å²) in [4.78, 5) is 9.99. The first-order valence-electron chi connectivity index (χ1n) is 9.48. The molecule has 1 aliphatic rings. The highest BCUT2D eigenvalue weighted by Gasteiger charge is 2.21. The van der Waals surface area contributed by atoms with Crippen LogP contribution in [0.2, 0.25) is 0 Å². The van der Waals surface area contributed by atoms with Gasteiger partial charge < -0.3 is 19.7 Å². The van der Waals surface area contributed by atoms with Crippen molar-refractivity contribution in [1.29, 1.82) is 0 Å². The Morgan fingerprint density at radius 3 is 2.58 bits per heavy atom. The number of halogens is 1. The second-order valence-electron chi connectivity index (χ2n) is 6.30. The number of thiophene rings is 1.